The number of carbonyl (C=O) groups is 1. The Morgan fingerprint density at radius 1 is 1.39 bits per heavy atom. The van der Waals surface area contributed by atoms with Gasteiger partial charge in [0.1, 0.15) is 0 Å². The second kappa shape index (κ2) is 5.57. The zero-order valence-corrected chi connectivity index (χ0v) is 11.6. The first-order valence-electron chi connectivity index (χ1n) is 7.31. The highest BCUT2D eigenvalue weighted by molar-refractivity contribution is 5.83. The maximum Gasteiger partial charge on any atom is 0.226 e. The number of ether oxygens (including phenoxy) is 1. The summed E-state index contributed by atoms with van der Waals surface area (Å²) in [4.78, 5) is 12.5. The molecule has 0 radical (unpaired) electrons. The molecule has 2 aliphatic carbocycles. The van der Waals surface area contributed by atoms with Crippen molar-refractivity contribution in [2.24, 2.45) is 11.1 Å². The Bertz CT molecular complexity index is 298. The van der Waals surface area contributed by atoms with Crippen LogP contribution in [0.1, 0.15) is 52.4 Å². The highest BCUT2D eigenvalue weighted by atomic mass is 16.5. The fourth-order valence-corrected chi connectivity index (χ4v) is 3.32. The summed E-state index contributed by atoms with van der Waals surface area (Å²) in [5.74, 6) is 0.201. The van der Waals surface area contributed by atoms with Crippen LogP contribution in [0.5, 0.6) is 0 Å². The van der Waals surface area contributed by atoms with Crippen molar-refractivity contribution >= 4 is 5.91 Å². The van der Waals surface area contributed by atoms with Crippen molar-refractivity contribution in [1.82, 2.24) is 5.32 Å². The van der Waals surface area contributed by atoms with E-state index in [-0.39, 0.29) is 29.5 Å². The monoisotopic (exact) mass is 254 g/mol. The van der Waals surface area contributed by atoms with Crippen LogP contribution < -0.4 is 11.1 Å². The molecule has 2 fully saturated rings. The van der Waals surface area contributed by atoms with Crippen LogP contribution in [-0.2, 0) is 9.53 Å². The Labute approximate surface area is 110 Å². The van der Waals surface area contributed by atoms with E-state index in [9.17, 15) is 4.79 Å². The van der Waals surface area contributed by atoms with Gasteiger partial charge in [0.2, 0.25) is 5.91 Å². The molecule has 4 nitrogen and oxygen atoms in total. The lowest BCUT2D eigenvalue weighted by molar-refractivity contribution is -0.135. The summed E-state index contributed by atoms with van der Waals surface area (Å²) in [7, 11) is 0. The van der Waals surface area contributed by atoms with E-state index in [4.69, 9.17) is 10.5 Å². The minimum absolute atomic E-state index is 0.0153. The van der Waals surface area contributed by atoms with E-state index in [1.807, 2.05) is 6.92 Å². The Hall–Kier alpha value is -0.610. The van der Waals surface area contributed by atoms with Crippen LogP contribution >= 0.6 is 0 Å². The second-order valence-electron chi connectivity index (χ2n) is 5.73. The van der Waals surface area contributed by atoms with Crippen LogP contribution in [0.2, 0.25) is 0 Å². The molecule has 4 heteroatoms. The SMILES string of the molecule is CCOC1CC(N)C1NC(=O)C1(CC)CCCC1. The number of nitrogens with two attached hydrogens (primary N) is 1. The number of amides is 1. The third-order valence-electron chi connectivity index (χ3n) is 4.76. The maximum atomic E-state index is 12.5. The summed E-state index contributed by atoms with van der Waals surface area (Å²) in [6.45, 7) is 4.78. The largest absolute Gasteiger partial charge is 0.376 e. The fraction of sp³-hybridized carbons (Fsp3) is 0.929. The van der Waals surface area contributed by atoms with E-state index in [2.05, 4.69) is 12.2 Å². The molecule has 3 atom stereocenters. The van der Waals surface area contributed by atoms with Crippen LogP contribution in [0, 0.1) is 5.41 Å². The van der Waals surface area contributed by atoms with Gasteiger partial charge in [-0.3, -0.25) is 4.79 Å². The molecule has 3 N–H and O–H groups in total. The van der Waals surface area contributed by atoms with E-state index in [1.54, 1.807) is 0 Å². The topological polar surface area (TPSA) is 64.3 Å². The summed E-state index contributed by atoms with van der Waals surface area (Å²) < 4.78 is 5.60. The normalized spacial score (nSPS) is 34.1. The van der Waals surface area contributed by atoms with Gasteiger partial charge in [-0.15, -0.1) is 0 Å². The van der Waals surface area contributed by atoms with E-state index >= 15 is 0 Å². The first-order valence-corrected chi connectivity index (χ1v) is 7.31. The molecule has 2 saturated carbocycles. The van der Waals surface area contributed by atoms with Gasteiger partial charge in [0.15, 0.2) is 0 Å². The molecule has 18 heavy (non-hydrogen) atoms. The zero-order chi connectivity index (χ0) is 13.2. The fourth-order valence-electron chi connectivity index (χ4n) is 3.32. The standard InChI is InChI=1S/C14H26N2O2/c1-3-14(7-5-6-8-14)13(17)16-12-10(15)9-11(12)18-4-2/h10-12H,3-9,15H2,1-2H3,(H,16,17). The number of carbonyl (C=O) groups excluding carboxylic acids is 1. The van der Waals surface area contributed by atoms with Gasteiger partial charge in [-0.2, -0.15) is 0 Å². The van der Waals surface area contributed by atoms with E-state index in [0.29, 0.717) is 6.61 Å². The molecule has 0 aliphatic heterocycles. The molecule has 0 spiro atoms. The minimum Gasteiger partial charge on any atom is -0.376 e. The molecular formula is C14H26N2O2. The van der Waals surface area contributed by atoms with Gasteiger partial charge in [-0.25, -0.2) is 0 Å². The van der Waals surface area contributed by atoms with E-state index in [1.165, 1.54) is 12.8 Å². The van der Waals surface area contributed by atoms with Gasteiger partial charge in [-0.05, 0) is 32.6 Å². The second-order valence-corrected chi connectivity index (χ2v) is 5.73. The van der Waals surface area contributed by atoms with Crippen molar-refractivity contribution in [2.75, 3.05) is 6.61 Å². The smallest absolute Gasteiger partial charge is 0.226 e. The molecule has 2 aliphatic rings. The van der Waals surface area contributed by atoms with Crippen LogP contribution in [0.15, 0.2) is 0 Å². The molecule has 104 valence electrons. The molecule has 2 rings (SSSR count). The van der Waals surface area contributed by atoms with Gasteiger partial charge in [0.05, 0.1) is 12.1 Å². The van der Waals surface area contributed by atoms with Gasteiger partial charge >= 0.3 is 0 Å². The van der Waals surface area contributed by atoms with Crippen LogP contribution in [0.3, 0.4) is 0 Å². The van der Waals surface area contributed by atoms with E-state index < -0.39 is 0 Å². The van der Waals surface area contributed by atoms with Crippen LogP contribution in [0.25, 0.3) is 0 Å². The van der Waals surface area contributed by atoms with Crippen molar-refractivity contribution < 1.29 is 9.53 Å². The van der Waals surface area contributed by atoms with Gasteiger partial charge in [0.25, 0.3) is 0 Å². The summed E-state index contributed by atoms with van der Waals surface area (Å²) in [5.41, 5.74) is 5.85. The van der Waals surface area contributed by atoms with Crippen molar-refractivity contribution in [3.63, 3.8) is 0 Å². The third kappa shape index (κ3) is 2.41. The molecule has 0 heterocycles. The number of nitrogens with one attached hydrogen (secondary N) is 1. The highest BCUT2D eigenvalue weighted by Gasteiger charge is 2.45. The molecule has 0 saturated heterocycles. The van der Waals surface area contributed by atoms with Crippen molar-refractivity contribution in [1.29, 1.82) is 0 Å². The average molecular weight is 254 g/mol. The molecule has 0 aromatic carbocycles. The Morgan fingerprint density at radius 2 is 2.06 bits per heavy atom. The van der Waals surface area contributed by atoms with Crippen LogP contribution in [0.4, 0.5) is 0 Å². The van der Waals surface area contributed by atoms with Crippen molar-refractivity contribution in [3.05, 3.63) is 0 Å². The summed E-state index contributed by atoms with van der Waals surface area (Å²) in [6, 6.07) is 0.0716. The van der Waals surface area contributed by atoms with Crippen molar-refractivity contribution in [2.45, 2.75) is 70.6 Å². The lowest BCUT2D eigenvalue weighted by Crippen LogP contribution is -2.66. The quantitative estimate of drug-likeness (QED) is 0.783. The van der Waals surface area contributed by atoms with Crippen LogP contribution in [-0.4, -0.2) is 30.7 Å². The van der Waals surface area contributed by atoms with E-state index in [0.717, 1.165) is 25.7 Å². The lowest BCUT2D eigenvalue weighted by Gasteiger charge is -2.44. The number of hydrogen-bond acceptors (Lipinski definition) is 3. The first-order chi connectivity index (χ1) is 8.63. The Morgan fingerprint density at radius 3 is 2.56 bits per heavy atom. The molecule has 0 aromatic heterocycles. The maximum absolute atomic E-state index is 12.5. The third-order valence-corrected chi connectivity index (χ3v) is 4.76. The zero-order valence-electron chi connectivity index (χ0n) is 11.6. The predicted octanol–water partition coefficient (Wildman–Crippen LogP) is 1.58. The number of rotatable bonds is 5. The Kier molecular flexibility index (Phi) is 4.28. The summed E-state index contributed by atoms with van der Waals surface area (Å²) in [6.07, 6.45) is 6.30. The molecule has 0 bridgehead atoms. The summed E-state index contributed by atoms with van der Waals surface area (Å²) >= 11 is 0. The molecular weight excluding hydrogens is 228 g/mol. The highest BCUT2D eigenvalue weighted by Crippen LogP contribution is 2.41. The average Bonchev–Trinajstić information content (AvgIpc) is 2.85. The van der Waals surface area contributed by atoms with Gasteiger partial charge in [0, 0.05) is 18.1 Å². The summed E-state index contributed by atoms with van der Waals surface area (Å²) in [5, 5.41) is 3.15. The molecule has 1 amide bonds. The van der Waals surface area contributed by atoms with Gasteiger partial charge < -0.3 is 15.8 Å². The minimum atomic E-state index is -0.133. The Balaban J connectivity index is 1.93. The predicted molar refractivity (Wildman–Crippen MR) is 71.1 cm³/mol. The van der Waals surface area contributed by atoms with Gasteiger partial charge in [-0.1, -0.05) is 19.8 Å². The number of hydrogen-bond donors (Lipinski definition) is 2. The van der Waals surface area contributed by atoms with Crippen molar-refractivity contribution in [3.8, 4) is 0 Å². The lowest BCUT2D eigenvalue weighted by atomic mass is 9.79. The molecule has 3 unspecified atom stereocenters. The molecule has 0 aromatic rings. The first kappa shape index (κ1) is 13.8.